The number of ether oxygens (including phenoxy) is 4. The van der Waals surface area contributed by atoms with Crippen LogP contribution < -0.4 is 5.73 Å². The Morgan fingerprint density at radius 1 is 0.875 bits per heavy atom. The molecule has 14 nitrogen and oxygen atoms in total. The van der Waals surface area contributed by atoms with Crippen molar-refractivity contribution < 1.29 is 58.2 Å². The average Bonchev–Trinajstić information content (AvgIpc) is 3.27. The second-order valence-corrected chi connectivity index (χ2v) is 19.5. The van der Waals surface area contributed by atoms with Crippen molar-refractivity contribution in [1.82, 2.24) is 4.90 Å². The second kappa shape index (κ2) is 24.4. The van der Waals surface area contributed by atoms with Crippen molar-refractivity contribution in [2.45, 2.75) is 180 Å². The summed E-state index contributed by atoms with van der Waals surface area (Å²) in [6.07, 6.45) is 11.4. The number of hydrogen-bond donors (Lipinski definition) is 4. The molecule has 3 fully saturated rings. The Kier molecular flexibility index (Phi) is 20.3. The third-order valence-corrected chi connectivity index (χ3v) is 14.3. The zero-order valence-corrected chi connectivity index (χ0v) is 39.8. The lowest BCUT2D eigenvalue weighted by Gasteiger charge is -2.42. The number of aliphatic hydroxyl groups excluding tert-OH is 2. The van der Waals surface area contributed by atoms with Gasteiger partial charge in [-0.25, -0.2) is 4.79 Å². The van der Waals surface area contributed by atoms with Gasteiger partial charge in [-0.2, -0.15) is 0 Å². The number of amides is 1. The largest absolute Gasteiger partial charge is 0.460 e. The van der Waals surface area contributed by atoms with E-state index >= 15 is 0 Å². The van der Waals surface area contributed by atoms with Crippen LogP contribution in [0.15, 0.2) is 47.6 Å². The van der Waals surface area contributed by atoms with Gasteiger partial charge in [0.05, 0.1) is 18.3 Å². The minimum absolute atomic E-state index is 0.0310. The molecule has 15 atom stereocenters. The molecule has 14 heteroatoms. The monoisotopic (exact) mass is 899 g/mol. The van der Waals surface area contributed by atoms with Crippen LogP contribution in [0.1, 0.15) is 126 Å². The molecular formula is C50H78N2O12. The molecule has 2 saturated heterocycles. The molecule has 360 valence electrons. The SMILES string of the molecule is CO[C@H]1C[C@@H]2CC[C@@H](C)[C@@](O)(O2)C(=O)C(=O)N2CCCC[C@H]2C(=O)O[C@H]([C@H](C)C[C@@H]2CC[C@H](N)[C@H](OC)C2)CC(=O)[C@H](C)/C=C(\C)[C@@H](O)[C@@H](O)C(=O)[C@H](C)C[C@H](C)/C=C/C=C/C=C/1C. The highest BCUT2D eigenvalue weighted by Crippen LogP contribution is 2.37. The van der Waals surface area contributed by atoms with Gasteiger partial charge in [-0.05, 0) is 107 Å². The molecule has 3 heterocycles. The van der Waals surface area contributed by atoms with Crippen LogP contribution in [0.5, 0.6) is 0 Å². The smallest absolute Gasteiger partial charge is 0.329 e. The van der Waals surface area contributed by atoms with Crippen LogP contribution in [0.3, 0.4) is 0 Å². The fourth-order valence-electron chi connectivity index (χ4n) is 9.95. The highest BCUT2D eigenvalue weighted by atomic mass is 16.6. The fourth-order valence-corrected chi connectivity index (χ4v) is 9.95. The summed E-state index contributed by atoms with van der Waals surface area (Å²) in [5.41, 5.74) is 7.44. The number of carbonyl (C=O) groups is 5. The number of methoxy groups -OCH3 is 2. The van der Waals surface area contributed by atoms with E-state index in [1.54, 1.807) is 41.9 Å². The molecule has 3 aliphatic heterocycles. The van der Waals surface area contributed by atoms with Gasteiger partial charge < -0.3 is 44.9 Å². The highest BCUT2D eigenvalue weighted by molar-refractivity contribution is 6.39. The van der Waals surface area contributed by atoms with Gasteiger partial charge in [0.2, 0.25) is 5.79 Å². The number of hydrogen-bond acceptors (Lipinski definition) is 13. The van der Waals surface area contributed by atoms with E-state index < -0.39 is 83.5 Å². The van der Waals surface area contributed by atoms with E-state index in [0.29, 0.717) is 51.4 Å². The minimum Gasteiger partial charge on any atom is -0.460 e. The molecule has 0 aromatic carbocycles. The van der Waals surface area contributed by atoms with E-state index in [-0.39, 0.29) is 60.6 Å². The number of esters is 1. The van der Waals surface area contributed by atoms with Crippen molar-refractivity contribution in [3.05, 3.63) is 47.6 Å². The summed E-state index contributed by atoms with van der Waals surface area (Å²) in [5.74, 6) is -8.35. The molecule has 1 saturated carbocycles. The van der Waals surface area contributed by atoms with Crippen molar-refractivity contribution >= 4 is 29.2 Å². The van der Waals surface area contributed by atoms with Crippen LogP contribution in [0.25, 0.3) is 0 Å². The number of cyclic esters (lactones) is 1. The van der Waals surface area contributed by atoms with Gasteiger partial charge in [0.1, 0.15) is 30.1 Å². The summed E-state index contributed by atoms with van der Waals surface area (Å²) in [7, 11) is 3.21. The van der Waals surface area contributed by atoms with Gasteiger partial charge in [-0.15, -0.1) is 0 Å². The Hall–Kier alpha value is -3.37. The standard InChI is InChI=1S/C50H78N2O12/c1-29-15-11-10-12-16-30(2)41(61-8)27-37-20-18-35(7)50(60,64-37)47(57)48(58)52-22-14-13-17-39(52)49(59)63-42(32(4)25-36-19-21-38(51)43(26-36)62-9)28-40(53)31(3)24-34(6)45(55)46(56)44(54)33(5)23-29/h10-12,15-16,24,29,31-33,35-39,41-43,45-46,55-56,60H,13-14,17-23,25-28,51H2,1-9H3/b12-10+,15-11+,30-16+,34-24+/t29-,31-,32-,33-,35-,36+,37+,38+,39+,41+,42+,43-,45-,46+,50-/m1/s1. The first kappa shape index (κ1) is 53.2. The molecule has 1 aliphatic carbocycles. The zero-order valence-electron chi connectivity index (χ0n) is 39.8. The number of nitrogens with zero attached hydrogens (tertiary/aromatic N) is 1. The van der Waals surface area contributed by atoms with Crippen LogP contribution in [-0.2, 0) is 42.9 Å². The number of nitrogens with two attached hydrogens (primary N) is 1. The van der Waals surface area contributed by atoms with Crippen LogP contribution in [0.4, 0.5) is 0 Å². The summed E-state index contributed by atoms with van der Waals surface area (Å²) >= 11 is 0. The Labute approximate surface area is 381 Å². The summed E-state index contributed by atoms with van der Waals surface area (Å²) in [5, 5.41) is 34.0. The number of allylic oxidation sites excluding steroid dienone is 6. The molecule has 2 bridgehead atoms. The summed E-state index contributed by atoms with van der Waals surface area (Å²) in [4.78, 5) is 71.3. The topological polar surface area (TPSA) is 212 Å². The van der Waals surface area contributed by atoms with Crippen molar-refractivity contribution in [3.8, 4) is 0 Å². The van der Waals surface area contributed by atoms with Gasteiger partial charge in [-0.3, -0.25) is 19.2 Å². The Morgan fingerprint density at radius 3 is 2.28 bits per heavy atom. The maximum absolute atomic E-state index is 14.3. The lowest BCUT2D eigenvalue weighted by atomic mass is 9.78. The zero-order chi connectivity index (χ0) is 47.5. The molecule has 4 rings (SSSR count). The number of rotatable bonds is 5. The van der Waals surface area contributed by atoms with Crippen molar-refractivity contribution in [3.63, 3.8) is 0 Å². The van der Waals surface area contributed by atoms with Gasteiger partial charge in [0, 0.05) is 57.4 Å². The summed E-state index contributed by atoms with van der Waals surface area (Å²) in [6, 6.07) is -1.23. The molecule has 4 aliphatic rings. The molecule has 0 aromatic heterocycles. The molecule has 64 heavy (non-hydrogen) atoms. The maximum atomic E-state index is 14.3. The van der Waals surface area contributed by atoms with Crippen molar-refractivity contribution in [2.75, 3.05) is 20.8 Å². The van der Waals surface area contributed by atoms with E-state index in [9.17, 15) is 39.3 Å². The minimum atomic E-state index is -2.43. The lowest BCUT2D eigenvalue weighted by Crippen LogP contribution is -2.61. The summed E-state index contributed by atoms with van der Waals surface area (Å²) in [6.45, 7) is 12.5. The number of fused-ring (bicyclic) bond motifs is 3. The number of Topliss-reactive ketones (excluding diaryl/α,β-unsaturated/α-hetero) is 3. The Bertz CT molecular complexity index is 1740. The Balaban J connectivity index is 1.69. The highest BCUT2D eigenvalue weighted by Gasteiger charge is 2.53. The molecule has 0 radical (unpaired) electrons. The van der Waals surface area contributed by atoms with E-state index in [4.69, 9.17) is 24.7 Å². The van der Waals surface area contributed by atoms with Crippen LogP contribution in [0, 0.1) is 35.5 Å². The van der Waals surface area contributed by atoms with Crippen LogP contribution >= 0.6 is 0 Å². The van der Waals surface area contributed by atoms with Crippen LogP contribution in [0.2, 0.25) is 0 Å². The Morgan fingerprint density at radius 2 is 1.59 bits per heavy atom. The molecule has 0 unspecified atom stereocenters. The molecule has 5 N–H and O–H groups in total. The second-order valence-electron chi connectivity index (χ2n) is 19.5. The quantitative estimate of drug-likeness (QED) is 0.153. The van der Waals surface area contributed by atoms with E-state index in [1.165, 1.54) is 11.0 Å². The average molecular weight is 899 g/mol. The maximum Gasteiger partial charge on any atom is 0.329 e. The normalized spacial score (nSPS) is 40.9. The molecule has 0 aromatic rings. The number of aliphatic hydroxyl groups is 3. The third kappa shape index (κ3) is 13.8. The lowest BCUT2D eigenvalue weighted by molar-refractivity contribution is -0.265. The first-order valence-electron chi connectivity index (χ1n) is 23.6. The van der Waals surface area contributed by atoms with Gasteiger partial charge in [0.15, 0.2) is 5.78 Å². The molecule has 1 amide bonds. The molecule has 0 spiro atoms. The van der Waals surface area contributed by atoms with Gasteiger partial charge in [-0.1, -0.05) is 71.1 Å². The fraction of sp³-hybridized carbons (Fsp3) is 0.740. The van der Waals surface area contributed by atoms with E-state index in [1.807, 2.05) is 51.2 Å². The van der Waals surface area contributed by atoms with E-state index in [0.717, 1.165) is 18.4 Å². The van der Waals surface area contributed by atoms with Crippen molar-refractivity contribution in [2.24, 2.45) is 41.2 Å². The first-order chi connectivity index (χ1) is 30.2. The predicted molar refractivity (Wildman–Crippen MR) is 242 cm³/mol. The third-order valence-electron chi connectivity index (χ3n) is 14.3. The number of ketones is 3. The number of carbonyl (C=O) groups excluding carboxylic acids is 5. The van der Waals surface area contributed by atoms with Crippen molar-refractivity contribution in [1.29, 1.82) is 0 Å². The first-order valence-corrected chi connectivity index (χ1v) is 23.6. The predicted octanol–water partition coefficient (Wildman–Crippen LogP) is 5.49. The number of piperidine rings is 1. The summed E-state index contributed by atoms with van der Waals surface area (Å²) < 4.78 is 23.9. The van der Waals surface area contributed by atoms with E-state index in [2.05, 4.69) is 0 Å². The van der Waals surface area contributed by atoms with Crippen LogP contribution in [-0.4, -0.2) is 125 Å². The van der Waals surface area contributed by atoms with Gasteiger partial charge in [0.25, 0.3) is 11.7 Å². The molecular weight excluding hydrogens is 821 g/mol. The van der Waals surface area contributed by atoms with Gasteiger partial charge >= 0.3 is 5.97 Å².